The Kier molecular flexibility index (Phi) is 7.65. The predicted molar refractivity (Wildman–Crippen MR) is 87.8 cm³/mol. The van der Waals surface area contributed by atoms with E-state index >= 15 is 0 Å². The van der Waals surface area contributed by atoms with Crippen molar-refractivity contribution in [2.75, 3.05) is 11.9 Å². The first-order valence-corrected chi connectivity index (χ1v) is 7.85. The molecule has 0 fully saturated rings. The number of benzene rings is 1. The first-order valence-electron chi connectivity index (χ1n) is 7.85. The van der Waals surface area contributed by atoms with E-state index in [0.717, 1.165) is 30.7 Å². The average Bonchev–Trinajstić information content (AvgIpc) is 2.45. The number of carbonyl (C=O) groups is 1. The molecule has 0 aromatic heterocycles. The number of hydrogen-bond acceptors (Lipinski definition) is 3. The Morgan fingerprint density at radius 2 is 2.05 bits per heavy atom. The van der Waals surface area contributed by atoms with Crippen LogP contribution in [0.5, 0.6) is 5.75 Å². The summed E-state index contributed by atoms with van der Waals surface area (Å²) in [6.45, 7) is 8.56. The molecule has 2 N–H and O–H groups in total. The van der Waals surface area contributed by atoms with E-state index in [1.807, 2.05) is 38.1 Å². The van der Waals surface area contributed by atoms with Crippen LogP contribution in [0.3, 0.4) is 0 Å². The van der Waals surface area contributed by atoms with Gasteiger partial charge in [0.2, 0.25) is 5.91 Å². The fourth-order valence-electron chi connectivity index (χ4n) is 2.01. The van der Waals surface area contributed by atoms with Crippen molar-refractivity contribution in [3.05, 3.63) is 24.3 Å². The average molecular weight is 292 g/mol. The van der Waals surface area contributed by atoms with Gasteiger partial charge in [0.15, 0.2) is 0 Å². The van der Waals surface area contributed by atoms with Crippen LogP contribution in [-0.4, -0.2) is 24.6 Å². The summed E-state index contributed by atoms with van der Waals surface area (Å²) in [4.78, 5) is 11.8. The van der Waals surface area contributed by atoms with E-state index < -0.39 is 0 Å². The molecule has 2 unspecified atom stereocenters. The van der Waals surface area contributed by atoms with Crippen molar-refractivity contribution < 1.29 is 9.53 Å². The molecule has 118 valence electrons. The smallest absolute Gasteiger partial charge is 0.239 e. The number of ether oxygens (including phenoxy) is 1. The Bertz CT molecular complexity index is 435. The van der Waals surface area contributed by atoms with Gasteiger partial charge in [0.1, 0.15) is 5.75 Å². The number of amides is 1. The Balaban J connectivity index is 2.44. The molecule has 4 heteroatoms. The maximum atomic E-state index is 11.8. The van der Waals surface area contributed by atoms with Crippen LogP contribution in [-0.2, 0) is 4.79 Å². The SMILES string of the molecule is CCCC(C)NC(=O)CNc1cccc(OC(C)CC)c1. The largest absolute Gasteiger partial charge is 0.491 e. The fourth-order valence-corrected chi connectivity index (χ4v) is 2.01. The van der Waals surface area contributed by atoms with Crippen molar-refractivity contribution in [3.63, 3.8) is 0 Å². The molecule has 0 aliphatic carbocycles. The lowest BCUT2D eigenvalue weighted by atomic mass is 10.2. The molecule has 1 rings (SSSR count). The van der Waals surface area contributed by atoms with E-state index in [9.17, 15) is 4.79 Å². The quantitative estimate of drug-likeness (QED) is 0.731. The highest BCUT2D eigenvalue weighted by Crippen LogP contribution is 2.19. The highest BCUT2D eigenvalue weighted by molar-refractivity contribution is 5.81. The van der Waals surface area contributed by atoms with Gasteiger partial charge in [-0.15, -0.1) is 0 Å². The molecule has 0 heterocycles. The summed E-state index contributed by atoms with van der Waals surface area (Å²) in [6, 6.07) is 7.95. The molecule has 1 aromatic rings. The molecule has 0 radical (unpaired) electrons. The monoisotopic (exact) mass is 292 g/mol. The standard InChI is InChI=1S/C17H28N2O2/c1-5-8-13(3)19-17(20)12-18-15-9-7-10-16(11-15)21-14(4)6-2/h7,9-11,13-14,18H,5-6,8,12H2,1-4H3,(H,19,20). The molecule has 0 bridgehead atoms. The lowest BCUT2D eigenvalue weighted by molar-refractivity contribution is -0.120. The summed E-state index contributed by atoms with van der Waals surface area (Å²) in [7, 11) is 0. The van der Waals surface area contributed by atoms with E-state index in [1.54, 1.807) is 0 Å². The Morgan fingerprint density at radius 1 is 1.29 bits per heavy atom. The van der Waals surface area contributed by atoms with Crippen LogP contribution in [0.2, 0.25) is 0 Å². The summed E-state index contributed by atoms with van der Waals surface area (Å²) in [6.07, 6.45) is 3.24. The Morgan fingerprint density at radius 3 is 2.71 bits per heavy atom. The second-order valence-electron chi connectivity index (χ2n) is 5.48. The minimum Gasteiger partial charge on any atom is -0.491 e. The molecule has 2 atom stereocenters. The van der Waals surface area contributed by atoms with Crippen LogP contribution in [0, 0.1) is 0 Å². The lowest BCUT2D eigenvalue weighted by Crippen LogP contribution is -2.36. The first-order chi connectivity index (χ1) is 10.0. The van der Waals surface area contributed by atoms with Crippen molar-refractivity contribution in [3.8, 4) is 5.75 Å². The van der Waals surface area contributed by atoms with Crippen LogP contribution >= 0.6 is 0 Å². The third-order valence-corrected chi connectivity index (χ3v) is 3.33. The van der Waals surface area contributed by atoms with Gasteiger partial charge in [-0.2, -0.15) is 0 Å². The second kappa shape index (κ2) is 9.27. The molecule has 0 aliphatic rings. The molecule has 0 saturated heterocycles. The van der Waals surface area contributed by atoms with Crippen LogP contribution < -0.4 is 15.4 Å². The molecule has 0 saturated carbocycles. The fraction of sp³-hybridized carbons (Fsp3) is 0.588. The minimum absolute atomic E-state index is 0.0178. The summed E-state index contributed by atoms with van der Waals surface area (Å²) in [5, 5.41) is 6.11. The number of rotatable bonds is 9. The zero-order chi connectivity index (χ0) is 15.7. The van der Waals surface area contributed by atoms with Gasteiger partial charge in [0.25, 0.3) is 0 Å². The van der Waals surface area contributed by atoms with Crippen LogP contribution in [0.25, 0.3) is 0 Å². The summed E-state index contributed by atoms with van der Waals surface area (Å²) in [5.41, 5.74) is 0.897. The maximum Gasteiger partial charge on any atom is 0.239 e. The Hall–Kier alpha value is -1.71. The summed E-state index contributed by atoms with van der Waals surface area (Å²) >= 11 is 0. The molecule has 21 heavy (non-hydrogen) atoms. The van der Waals surface area contributed by atoms with Gasteiger partial charge >= 0.3 is 0 Å². The number of nitrogens with one attached hydrogen (secondary N) is 2. The first kappa shape index (κ1) is 17.3. The van der Waals surface area contributed by atoms with Gasteiger partial charge in [0.05, 0.1) is 12.6 Å². The highest BCUT2D eigenvalue weighted by Gasteiger charge is 2.07. The third-order valence-electron chi connectivity index (χ3n) is 3.33. The van der Waals surface area contributed by atoms with Gasteiger partial charge in [-0.3, -0.25) is 4.79 Å². The van der Waals surface area contributed by atoms with Crippen molar-refractivity contribution in [1.29, 1.82) is 0 Å². The van der Waals surface area contributed by atoms with Gasteiger partial charge in [-0.25, -0.2) is 0 Å². The summed E-state index contributed by atoms with van der Waals surface area (Å²) in [5.74, 6) is 0.846. The van der Waals surface area contributed by atoms with E-state index in [1.165, 1.54) is 0 Å². The van der Waals surface area contributed by atoms with Crippen LogP contribution in [0.4, 0.5) is 5.69 Å². The van der Waals surface area contributed by atoms with Gasteiger partial charge in [0, 0.05) is 17.8 Å². The predicted octanol–water partition coefficient (Wildman–Crippen LogP) is 3.58. The van der Waals surface area contributed by atoms with Crippen LogP contribution in [0.15, 0.2) is 24.3 Å². The molecule has 4 nitrogen and oxygen atoms in total. The van der Waals surface area contributed by atoms with Gasteiger partial charge in [-0.1, -0.05) is 26.3 Å². The van der Waals surface area contributed by atoms with E-state index in [0.29, 0.717) is 0 Å². The molecule has 0 aliphatic heterocycles. The molecular weight excluding hydrogens is 264 g/mol. The lowest BCUT2D eigenvalue weighted by Gasteiger charge is -2.15. The molecule has 1 amide bonds. The Labute approximate surface area is 128 Å². The minimum atomic E-state index is 0.0178. The van der Waals surface area contributed by atoms with Crippen molar-refractivity contribution >= 4 is 11.6 Å². The third kappa shape index (κ3) is 7.02. The topological polar surface area (TPSA) is 50.4 Å². The van der Waals surface area contributed by atoms with Crippen molar-refractivity contribution in [1.82, 2.24) is 5.32 Å². The number of carbonyl (C=O) groups excluding carboxylic acids is 1. The van der Waals surface area contributed by atoms with Crippen molar-refractivity contribution in [2.45, 2.75) is 59.1 Å². The van der Waals surface area contributed by atoms with E-state index in [2.05, 4.69) is 24.5 Å². The molecule has 0 spiro atoms. The summed E-state index contributed by atoms with van der Waals surface area (Å²) < 4.78 is 5.77. The van der Waals surface area contributed by atoms with Gasteiger partial charge in [-0.05, 0) is 38.8 Å². The molecular formula is C17H28N2O2. The number of hydrogen-bond donors (Lipinski definition) is 2. The number of anilines is 1. The molecule has 1 aromatic carbocycles. The van der Waals surface area contributed by atoms with E-state index in [-0.39, 0.29) is 24.6 Å². The normalized spacial score (nSPS) is 13.3. The van der Waals surface area contributed by atoms with Crippen molar-refractivity contribution in [2.24, 2.45) is 0 Å². The highest BCUT2D eigenvalue weighted by atomic mass is 16.5. The van der Waals surface area contributed by atoms with Crippen LogP contribution in [0.1, 0.15) is 47.0 Å². The van der Waals surface area contributed by atoms with E-state index in [4.69, 9.17) is 4.74 Å². The maximum absolute atomic E-state index is 11.8. The second-order valence-corrected chi connectivity index (χ2v) is 5.48. The zero-order valence-electron chi connectivity index (χ0n) is 13.6. The zero-order valence-corrected chi connectivity index (χ0v) is 13.6. The van der Waals surface area contributed by atoms with Gasteiger partial charge < -0.3 is 15.4 Å².